The fourth-order valence-electron chi connectivity index (χ4n) is 2.49. The molecule has 24 heavy (non-hydrogen) atoms. The molecule has 0 aliphatic carbocycles. The number of piperazine rings is 1. The Morgan fingerprint density at radius 2 is 1.96 bits per heavy atom. The van der Waals surface area contributed by atoms with E-state index in [0.717, 1.165) is 11.0 Å². The lowest BCUT2D eigenvalue weighted by Gasteiger charge is -2.35. The van der Waals surface area contributed by atoms with Crippen LogP contribution in [0.1, 0.15) is 5.82 Å². The first-order valence-corrected chi connectivity index (χ1v) is 8.45. The second-order valence-corrected chi connectivity index (χ2v) is 6.43. The average molecular weight is 377 g/mol. The minimum Gasteiger partial charge on any atom is -0.365 e. The van der Waals surface area contributed by atoms with Crippen molar-refractivity contribution in [1.82, 2.24) is 19.1 Å². The zero-order chi connectivity index (χ0) is 17.3. The van der Waals surface area contributed by atoms with E-state index in [9.17, 15) is 13.6 Å². The molecule has 0 N–H and O–H groups in total. The molecule has 130 valence electrons. The lowest BCUT2D eigenvalue weighted by atomic mass is 10.3. The predicted molar refractivity (Wildman–Crippen MR) is 88.6 cm³/mol. The maximum absolute atomic E-state index is 12.4. The summed E-state index contributed by atoms with van der Waals surface area (Å²) in [6.07, 6.45) is -1.28. The summed E-state index contributed by atoms with van der Waals surface area (Å²) in [7, 11) is 0. The summed E-state index contributed by atoms with van der Waals surface area (Å²) in [5, 5.41) is 4.59. The van der Waals surface area contributed by atoms with Gasteiger partial charge in [0.25, 0.3) is 12.0 Å². The van der Waals surface area contributed by atoms with Crippen LogP contribution in [0.4, 0.5) is 19.6 Å². The van der Waals surface area contributed by atoms with Crippen LogP contribution < -0.4 is 15.4 Å². The van der Waals surface area contributed by atoms with Gasteiger partial charge in [-0.2, -0.15) is 9.47 Å². The smallest absolute Gasteiger partial charge is 0.287 e. The highest BCUT2D eigenvalue weighted by Crippen LogP contribution is 2.25. The SMILES string of the molecule is Cc1nsc(N2CCN(c3cnn(CC(F)F)c(=O)c3Cl)CC2)n1. The molecule has 0 radical (unpaired) electrons. The Morgan fingerprint density at radius 1 is 1.29 bits per heavy atom. The van der Waals surface area contributed by atoms with Gasteiger partial charge in [-0.3, -0.25) is 4.79 Å². The highest BCUT2D eigenvalue weighted by Gasteiger charge is 2.23. The molecular formula is C13H15ClF2N6OS. The molecule has 3 rings (SSSR count). The first-order chi connectivity index (χ1) is 11.5. The van der Waals surface area contributed by atoms with Gasteiger partial charge in [0.2, 0.25) is 5.13 Å². The highest BCUT2D eigenvalue weighted by atomic mass is 35.5. The van der Waals surface area contributed by atoms with Crippen LogP contribution in [0.15, 0.2) is 11.0 Å². The van der Waals surface area contributed by atoms with Crippen molar-refractivity contribution in [2.45, 2.75) is 19.9 Å². The molecule has 3 heterocycles. The summed E-state index contributed by atoms with van der Waals surface area (Å²) in [6, 6.07) is 0. The molecule has 0 atom stereocenters. The van der Waals surface area contributed by atoms with Crippen molar-refractivity contribution in [2.75, 3.05) is 36.0 Å². The molecule has 0 bridgehead atoms. The van der Waals surface area contributed by atoms with Crippen molar-refractivity contribution in [3.05, 3.63) is 27.4 Å². The van der Waals surface area contributed by atoms with E-state index in [0.29, 0.717) is 36.5 Å². The molecule has 1 aliphatic rings. The Bertz CT molecular complexity index is 774. The number of anilines is 2. The number of hydrogen-bond donors (Lipinski definition) is 0. The summed E-state index contributed by atoms with van der Waals surface area (Å²) in [6.45, 7) is 3.73. The summed E-state index contributed by atoms with van der Waals surface area (Å²) in [5.74, 6) is 0.743. The minimum atomic E-state index is -2.66. The van der Waals surface area contributed by atoms with Crippen molar-refractivity contribution >= 4 is 34.0 Å². The molecule has 7 nitrogen and oxygen atoms in total. The molecule has 2 aromatic rings. The number of aromatic nitrogens is 4. The van der Waals surface area contributed by atoms with Gasteiger partial charge in [0, 0.05) is 37.7 Å². The van der Waals surface area contributed by atoms with Crippen LogP contribution in [0, 0.1) is 6.92 Å². The Morgan fingerprint density at radius 3 is 2.54 bits per heavy atom. The van der Waals surface area contributed by atoms with E-state index in [4.69, 9.17) is 11.6 Å². The van der Waals surface area contributed by atoms with E-state index in [1.54, 1.807) is 0 Å². The summed E-state index contributed by atoms with van der Waals surface area (Å²) < 4.78 is 29.7. The Balaban J connectivity index is 1.72. The highest BCUT2D eigenvalue weighted by molar-refractivity contribution is 7.09. The molecule has 1 aliphatic heterocycles. The molecule has 1 fully saturated rings. The van der Waals surface area contributed by atoms with Crippen molar-refractivity contribution < 1.29 is 8.78 Å². The third-order valence-corrected chi connectivity index (χ3v) is 4.91. The Kier molecular flexibility index (Phi) is 4.95. The van der Waals surface area contributed by atoms with E-state index < -0.39 is 18.5 Å². The maximum atomic E-state index is 12.4. The lowest BCUT2D eigenvalue weighted by Crippen LogP contribution is -2.47. The largest absolute Gasteiger partial charge is 0.365 e. The van der Waals surface area contributed by atoms with Crippen molar-refractivity contribution in [2.24, 2.45) is 0 Å². The zero-order valence-electron chi connectivity index (χ0n) is 12.8. The van der Waals surface area contributed by atoms with E-state index in [2.05, 4.69) is 19.4 Å². The van der Waals surface area contributed by atoms with E-state index in [1.807, 2.05) is 11.8 Å². The molecule has 0 unspecified atom stereocenters. The van der Waals surface area contributed by atoms with Crippen LogP contribution in [-0.2, 0) is 6.54 Å². The molecular weight excluding hydrogens is 362 g/mol. The molecule has 0 amide bonds. The van der Waals surface area contributed by atoms with Gasteiger partial charge in [-0.15, -0.1) is 0 Å². The molecule has 2 aromatic heterocycles. The quantitative estimate of drug-likeness (QED) is 0.808. The maximum Gasteiger partial charge on any atom is 0.287 e. The topological polar surface area (TPSA) is 67.2 Å². The molecule has 0 spiro atoms. The molecule has 11 heteroatoms. The van der Waals surface area contributed by atoms with E-state index >= 15 is 0 Å². The van der Waals surface area contributed by atoms with Crippen LogP contribution in [0.2, 0.25) is 5.02 Å². The minimum absolute atomic E-state index is 0.0779. The number of aryl methyl sites for hydroxylation is 1. The molecule has 0 saturated carbocycles. The van der Waals surface area contributed by atoms with Crippen LogP contribution in [-0.4, -0.2) is 51.7 Å². The van der Waals surface area contributed by atoms with Gasteiger partial charge in [-0.1, -0.05) is 11.6 Å². The first kappa shape index (κ1) is 17.0. The van der Waals surface area contributed by atoms with Crippen LogP contribution in [0.25, 0.3) is 0 Å². The fourth-order valence-corrected chi connectivity index (χ4v) is 3.48. The third-order valence-electron chi connectivity index (χ3n) is 3.69. The Labute approximate surface area is 145 Å². The number of nitrogens with zero attached hydrogens (tertiary/aromatic N) is 6. The van der Waals surface area contributed by atoms with Gasteiger partial charge in [0.1, 0.15) is 17.4 Å². The number of rotatable bonds is 4. The van der Waals surface area contributed by atoms with E-state index in [-0.39, 0.29) is 5.02 Å². The number of alkyl halides is 2. The van der Waals surface area contributed by atoms with Gasteiger partial charge in [-0.05, 0) is 6.92 Å². The Hall–Kier alpha value is -1.81. The monoisotopic (exact) mass is 376 g/mol. The third kappa shape index (κ3) is 3.48. The summed E-state index contributed by atoms with van der Waals surface area (Å²) >= 11 is 7.43. The van der Waals surface area contributed by atoms with Gasteiger partial charge < -0.3 is 9.80 Å². The van der Waals surface area contributed by atoms with Crippen molar-refractivity contribution in [1.29, 1.82) is 0 Å². The second kappa shape index (κ2) is 6.98. The van der Waals surface area contributed by atoms with Crippen molar-refractivity contribution in [3.8, 4) is 0 Å². The van der Waals surface area contributed by atoms with Gasteiger partial charge >= 0.3 is 0 Å². The second-order valence-electron chi connectivity index (χ2n) is 5.32. The zero-order valence-corrected chi connectivity index (χ0v) is 14.4. The van der Waals surface area contributed by atoms with Gasteiger partial charge in [0.05, 0.1) is 11.9 Å². The standard InChI is InChI=1S/C13H15ClF2N6OS/c1-8-18-13(24-19-8)21-4-2-20(3-5-21)9-6-17-22(7-10(15)16)12(23)11(9)14/h6,10H,2-5,7H2,1H3. The molecule has 1 saturated heterocycles. The summed E-state index contributed by atoms with van der Waals surface area (Å²) in [4.78, 5) is 20.4. The predicted octanol–water partition coefficient (Wildman–Crippen LogP) is 1.65. The van der Waals surface area contributed by atoms with E-state index in [1.165, 1.54) is 17.7 Å². The number of hydrogen-bond acceptors (Lipinski definition) is 7. The molecule has 0 aromatic carbocycles. The van der Waals surface area contributed by atoms with Crippen LogP contribution in [0.5, 0.6) is 0 Å². The normalized spacial score (nSPS) is 15.4. The average Bonchev–Trinajstić information content (AvgIpc) is 2.98. The van der Waals surface area contributed by atoms with Crippen molar-refractivity contribution in [3.63, 3.8) is 0 Å². The van der Waals surface area contributed by atoms with Crippen LogP contribution >= 0.6 is 23.1 Å². The number of halogens is 3. The summed E-state index contributed by atoms with van der Waals surface area (Å²) in [5.41, 5.74) is -0.225. The van der Waals surface area contributed by atoms with Gasteiger partial charge in [-0.25, -0.2) is 18.4 Å². The lowest BCUT2D eigenvalue weighted by molar-refractivity contribution is 0.119. The fraction of sp³-hybridized carbons (Fsp3) is 0.538. The van der Waals surface area contributed by atoms with Gasteiger partial charge in [0.15, 0.2) is 0 Å². The first-order valence-electron chi connectivity index (χ1n) is 7.29. The van der Waals surface area contributed by atoms with Crippen LogP contribution in [0.3, 0.4) is 0 Å².